The molecular weight excluding hydrogens is 186 g/mol. The van der Waals surface area contributed by atoms with Crippen molar-refractivity contribution in [1.82, 2.24) is 0 Å². The second-order valence-corrected chi connectivity index (χ2v) is 4.82. The molecule has 0 atom stereocenters. The lowest BCUT2D eigenvalue weighted by molar-refractivity contribution is -0.731. The normalized spacial score (nSPS) is 11.5. The lowest BCUT2D eigenvalue weighted by Crippen LogP contribution is -2.92. The molecular formula is C13H22NO+. The average Bonchev–Trinajstić information content (AvgIpc) is 2.16. The third kappa shape index (κ3) is 4.34. The van der Waals surface area contributed by atoms with Crippen LogP contribution in [0.1, 0.15) is 33.3 Å². The number of ether oxygens (including phenoxy) is 1. The van der Waals surface area contributed by atoms with Crippen LogP contribution in [0.2, 0.25) is 0 Å². The first-order valence-corrected chi connectivity index (χ1v) is 5.58. The number of para-hydroxylation sites is 1. The molecule has 0 aliphatic rings. The van der Waals surface area contributed by atoms with Gasteiger partial charge in [-0.05, 0) is 39.8 Å². The highest BCUT2D eigenvalue weighted by Crippen LogP contribution is 2.16. The quantitative estimate of drug-likeness (QED) is 0.804. The molecule has 2 N–H and O–H groups in total. The molecule has 0 fully saturated rings. The predicted octanol–water partition coefficient (Wildman–Crippen LogP) is 1.95. The smallest absolute Gasteiger partial charge is 0.128 e. The highest BCUT2D eigenvalue weighted by Gasteiger charge is 2.14. The van der Waals surface area contributed by atoms with E-state index in [0.29, 0.717) is 0 Å². The number of nitrogens with two attached hydrogens (primary N) is 1. The third-order valence-corrected chi connectivity index (χ3v) is 2.21. The molecule has 1 aromatic carbocycles. The van der Waals surface area contributed by atoms with E-state index in [1.807, 2.05) is 19.1 Å². The minimum Gasteiger partial charge on any atom is -0.493 e. The predicted molar refractivity (Wildman–Crippen MR) is 63.0 cm³/mol. The summed E-state index contributed by atoms with van der Waals surface area (Å²) < 4.78 is 5.58. The zero-order valence-corrected chi connectivity index (χ0v) is 10.2. The number of hydrogen-bond acceptors (Lipinski definition) is 1. The second-order valence-electron chi connectivity index (χ2n) is 4.82. The van der Waals surface area contributed by atoms with Gasteiger partial charge < -0.3 is 10.1 Å². The van der Waals surface area contributed by atoms with Gasteiger partial charge in [0.15, 0.2) is 0 Å². The van der Waals surface area contributed by atoms with Gasteiger partial charge >= 0.3 is 0 Å². The lowest BCUT2D eigenvalue weighted by atomic mass is 10.1. The Bertz CT molecular complexity index is 302. The summed E-state index contributed by atoms with van der Waals surface area (Å²) in [5.41, 5.74) is 1.54. The molecule has 2 heteroatoms. The van der Waals surface area contributed by atoms with Crippen molar-refractivity contribution in [1.29, 1.82) is 0 Å². The van der Waals surface area contributed by atoms with Crippen LogP contribution in [0.5, 0.6) is 5.75 Å². The summed E-state index contributed by atoms with van der Waals surface area (Å²) in [7, 11) is 0. The fourth-order valence-corrected chi connectivity index (χ4v) is 1.38. The minimum absolute atomic E-state index is 0.263. The summed E-state index contributed by atoms with van der Waals surface area (Å²) in [6.45, 7) is 10.4. The SMILES string of the molecule is CCOc1ccccc1C[NH2+]C(C)(C)C. The first kappa shape index (κ1) is 12.1. The van der Waals surface area contributed by atoms with Crippen molar-refractivity contribution < 1.29 is 10.1 Å². The largest absolute Gasteiger partial charge is 0.493 e. The maximum Gasteiger partial charge on any atom is 0.128 e. The van der Waals surface area contributed by atoms with E-state index in [0.717, 1.165) is 18.9 Å². The van der Waals surface area contributed by atoms with Gasteiger partial charge in [-0.1, -0.05) is 12.1 Å². The summed E-state index contributed by atoms with van der Waals surface area (Å²) >= 11 is 0. The van der Waals surface area contributed by atoms with Gasteiger partial charge in [0.05, 0.1) is 12.1 Å². The molecule has 0 amide bonds. The molecule has 2 nitrogen and oxygen atoms in total. The van der Waals surface area contributed by atoms with Crippen LogP contribution in [-0.2, 0) is 6.54 Å². The third-order valence-electron chi connectivity index (χ3n) is 2.21. The van der Waals surface area contributed by atoms with Crippen LogP contribution in [0.3, 0.4) is 0 Å². The zero-order valence-electron chi connectivity index (χ0n) is 10.2. The van der Waals surface area contributed by atoms with Gasteiger partial charge in [-0.25, -0.2) is 0 Å². The van der Waals surface area contributed by atoms with Crippen LogP contribution in [0.15, 0.2) is 24.3 Å². The van der Waals surface area contributed by atoms with Crippen molar-refractivity contribution in [3.63, 3.8) is 0 Å². The van der Waals surface area contributed by atoms with E-state index in [-0.39, 0.29) is 5.54 Å². The first-order chi connectivity index (χ1) is 7.03. The van der Waals surface area contributed by atoms with E-state index in [1.54, 1.807) is 0 Å². The molecule has 0 aromatic heterocycles. The summed E-state index contributed by atoms with van der Waals surface area (Å²) in [4.78, 5) is 0. The molecule has 0 unspecified atom stereocenters. The van der Waals surface area contributed by atoms with Crippen LogP contribution in [0, 0.1) is 0 Å². The standard InChI is InChI=1S/C13H21NO/c1-5-15-12-9-7-6-8-11(12)10-14-13(2,3)4/h6-9,14H,5,10H2,1-4H3/p+1. The molecule has 0 aliphatic carbocycles. The van der Waals surface area contributed by atoms with E-state index >= 15 is 0 Å². The highest BCUT2D eigenvalue weighted by atomic mass is 16.5. The first-order valence-electron chi connectivity index (χ1n) is 5.58. The highest BCUT2D eigenvalue weighted by molar-refractivity contribution is 5.32. The van der Waals surface area contributed by atoms with E-state index in [9.17, 15) is 0 Å². The van der Waals surface area contributed by atoms with Gasteiger partial charge in [0, 0.05) is 5.56 Å². The van der Waals surface area contributed by atoms with Gasteiger partial charge in [-0.3, -0.25) is 0 Å². The van der Waals surface area contributed by atoms with E-state index in [1.165, 1.54) is 5.56 Å². The van der Waals surface area contributed by atoms with Crippen molar-refractivity contribution >= 4 is 0 Å². The van der Waals surface area contributed by atoms with Gasteiger partial charge in [0.25, 0.3) is 0 Å². The topological polar surface area (TPSA) is 25.8 Å². The van der Waals surface area contributed by atoms with Crippen LogP contribution >= 0.6 is 0 Å². The fraction of sp³-hybridized carbons (Fsp3) is 0.538. The molecule has 0 bridgehead atoms. The molecule has 0 saturated heterocycles. The summed E-state index contributed by atoms with van der Waals surface area (Å²) in [6.07, 6.45) is 0. The van der Waals surface area contributed by atoms with Gasteiger partial charge in [-0.2, -0.15) is 0 Å². The Balaban J connectivity index is 2.67. The molecule has 1 rings (SSSR count). The average molecular weight is 208 g/mol. The molecule has 1 aromatic rings. The number of quaternary nitrogens is 1. The molecule has 0 spiro atoms. The molecule has 0 saturated carbocycles. The number of benzene rings is 1. The van der Waals surface area contributed by atoms with Crippen LogP contribution < -0.4 is 10.1 Å². The second kappa shape index (κ2) is 5.17. The van der Waals surface area contributed by atoms with Crippen molar-refractivity contribution in [2.24, 2.45) is 0 Å². The van der Waals surface area contributed by atoms with Crippen LogP contribution in [0.25, 0.3) is 0 Å². The summed E-state index contributed by atoms with van der Waals surface area (Å²) in [6, 6.07) is 8.25. The Kier molecular flexibility index (Phi) is 4.15. The van der Waals surface area contributed by atoms with Gasteiger partial charge in [0.1, 0.15) is 12.3 Å². The van der Waals surface area contributed by atoms with E-state index < -0.39 is 0 Å². The van der Waals surface area contributed by atoms with Gasteiger partial charge in [0.2, 0.25) is 0 Å². The van der Waals surface area contributed by atoms with Crippen LogP contribution in [0.4, 0.5) is 0 Å². The fourth-order valence-electron chi connectivity index (χ4n) is 1.38. The Labute approximate surface area is 92.6 Å². The maximum atomic E-state index is 5.58. The van der Waals surface area contributed by atoms with E-state index in [4.69, 9.17) is 4.74 Å². The van der Waals surface area contributed by atoms with Crippen LogP contribution in [-0.4, -0.2) is 12.1 Å². The molecule has 84 valence electrons. The molecule has 0 aliphatic heterocycles. The Morgan fingerprint density at radius 2 is 1.87 bits per heavy atom. The number of rotatable bonds is 4. The Morgan fingerprint density at radius 1 is 1.20 bits per heavy atom. The lowest BCUT2D eigenvalue weighted by Gasteiger charge is -2.18. The Morgan fingerprint density at radius 3 is 2.47 bits per heavy atom. The van der Waals surface area contributed by atoms with Crippen molar-refractivity contribution in [2.45, 2.75) is 39.8 Å². The molecule has 0 heterocycles. The Hall–Kier alpha value is -1.02. The molecule has 15 heavy (non-hydrogen) atoms. The maximum absolute atomic E-state index is 5.58. The minimum atomic E-state index is 0.263. The van der Waals surface area contributed by atoms with Crippen molar-refractivity contribution in [2.75, 3.05) is 6.61 Å². The van der Waals surface area contributed by atoms with Crippen molar-refractivity contribution in [3.05, 3.63) is 29.8 Å². The summed E-state index contributed by atoms with van der Waals surface area (Å²) in [5.74, 6) is 1.01. The van der Waals surface area contributed by atoms with Crippen molar-refractivity contribution in [3.8, 4) is 5.75 Å². The monoisotopic (exact) mass is 208 g/mol. The molecule has 0 radical (unpaired) electrons. The zero-order chi connectivity index (χ0) is 11.3. The van der Waals surface area contributed by atoms with Gasteiger partial charge in [-0.15, -0.1) is 0 Å². The van der Waals surface area contributed by atoms with E-state index in [2.05, 4.69) is 38.2 Å². The summed E-state index contributed by atoms with van der Waals surface area (Å²) in [5, 5.41) is 2.32. The number of hydrogen-bond donors (Lipinski definition) is 1.